The van der Waals surface area contributed by atoms with Crippen LogP contribution in [0.3, 0.4) is 0 Å². The Morgan fingerprint density at radius 3 is 2.56 bits per heavy atom. The molecule has 9 heavy (non-hydrogen) atoms. The second-order valence-electron chi connectivity index (χ2n) is 2.28. The van der Waals surface area contributed by atoms with E-state index in [-0.39, 0.29) is 0 Å². The standard InChI is InChI=1S/C8H13N/c1-3-7-5-6-8(4-2)9-7/h5H,3-4,6H2,1-2H3. The first-order valence-corrected chi connectivity index (χ1v) is 3.62. The summed E-state index contributed by atoms with van der Waals surface area (Å²) in [6.45, 7) is 4.30. The molecule has 50 valence electrons. The zero-order valence-corrected chi connectivity index (χ0v) is 6.15. The molecule has 0 atom stereocenters. The van der Waals surface area contributed by atoms with E-state index in [1.54, 1.807) is 0 Å². The summed E-state index contributed by atoms with van der Waals surface area (Å²) in [5.74, 6) is 0. The molecule has 0 bridgehead atoms. The van der Waals surface area contributed by atoms with Gasteiger partial charge in [0, 0.05) is 17.8 Å². The van der Waals surface area contributed by atoms with Crippen molar-refractivity contribution in [2.45, 2.75) is 33.1 Å². The molecule has 1 rings (SSSR count). The fourth-order valence-corrected chi connectivity index (χ4v) is 0.977. The average Bonchev–Trinajstić information content (AvgIpc) is 2.34. The molecule has 0 aromatic rings. The van der Waals surface area contributed by atoms with Crippen molar-refractivity contribution in [3.63, 3.8) is 0 Å². The van der Waals surface area contributed by atoms with E-state index < -0.39 is 0 Å². The molecule has 0 radical (unpaired) electrons. The van der Waals surface area contributed by atoms with Gasteiger partial charge < -0.3 is 0 Å². The highest BCUT2D eigenvalue weighted by Crippen LogP contribution is 2.14. The molecule has 0 fully saturated rings. The molecular formula is C8H13N. The maximum Gasteiger partial charge on any atom is 0.0364 e. The maximum absolute atomic E-state index is 4.40. The van der Waals surface area contributed by atoms with E-state index in [0.29, 0.717) is 0 Å². The highest BCUT2D eigenvalue weighted by molar-refractivity contribution is 5.88. The molecule has 0 saturated heterocycles. The molecule has 0 aliphatic carbocycles. The summed E-state index contributed by atoms with van der Waals surface area (Å²) in [5, 5.41) is 0. The highest BCUT2D eigenvalue weighted by atomic mass is 14.8. The minimum atomic E-state index is 1.09. The van der Waals surface area contributed by atoms with Crippen LogP contribution in [0.4, 0.5) is 0 Å². The molecular weight excluding hydrogens is 110 g/mol. The number of hydrogen-bond acceptors (Lipinski definition) is 1. The Kier molecular flexibility index (Phi) is 2.04. The molecule has 0 saturated carbocycles. The van der Waals surface area contributed by atoms with Crippen LogP contribution in [0.1, 0.15) is 33.1 Å². The number of hydrogen-bond donors (Lipinski definition) is 0. The number of nitrogens with zero attached hydrogens (tertiary/aromatic N) is 1. The van der Waals surface area contributed by atoms with Crippen molar-refractivity contribution in [2.75, 3.05) is 0 Å². The van der Waals surface area contributed by atoms with Crippen molar-refractivity contribution in [2.24, 2.45) is 4.99 Å². The van der Waals surface area contributed by atoms with E-state index in [2.05, 4.69) is 24.9 Å². The number of rotatable bonds is 2. The van der Waals surface area contributed by atoms with Crippen LogP contribution in [0.15, 0.2) is 16.8 Å². The zero-order chi connectivity index (χ0) is 6.69. The molecule has 0 aromatic heterocycles. The Hall–Kier alpha value is -0.590. The molecule has 0 N–H and O–H groups in total. The normalized spacial score (nSPS) is 17.6. The van der Waals surface area contributed by atoms with E-state index >= 15 is 0 Å². The van der Waals surface area contributed by atoms with Crippen LogP contribution in [0.25, 0.3) is 0 Å². The SMILES string of the molecule is CCC1=CCC(CC)=N1. The molecule has 1 aliphatic heterocycles. The second kappa shape index (κ2) is 2.81. The highest BCUT2D eigenvalue weighted by Gasteiger charge is 2.02. The Labute approximate surface area is 56.5 Å². The van der Waals surface area contributed by atoms with Crippen molar-refractivity contribution < 1.29 is 0 Å². The van der Waals surface area contributed by atoms with Gasteiger partial charge in [0.1, 0.15) is 0 Å². The minimum Gasteiger partial charge on any atom is -0.262 e. The summed E-state index contributed by atoms with van der Waals surface area (Å²) in [5.41, 5.74) is 2.61. The Morgan fingerprint density at radius 1 is 1.44 bits per heavy atom. The van der Waals surface area contributed by atoms with Crippen LogP contribution < -0.4 is 0 Å². The summed E-state index contributed by atoms with van der Waals surface area (Å²) in [6, 6.07) is 0. The van der Waals surface area contributed by atoms with Crippen molar-refractivity contribution in [1.82, 2.24) is 0 Å². The van der Waals surface area contributed by atoms with Crippen molar-refractivity contribution in [1.29, 1.82) is 0 Å². The molecule has 0 amide bonds. The van der Waals surface area contributed by atoms with Crippen LogP contribution in [0.5, 0.6) is 0 Å². The molecule has 0 aromatic carbocycles. The first-order valence-electron chi connectivity index (χ1n) is 3.62. The summed E-state index contributed by atoms with van der Waals surface area (Å²) in [6.07, 6.45) is 5.52. The Balaban J connectivity index is 2.52. The lowest BCUT2D eigenvalue weighted by Crippen LogP contribution is -1.87. The third kappa shape index (κ3) is 1.41. The van der Waals surface area contributed by atoms with E-state index in [1.807, 2.05) is 0 Å². The average molecular weight is 123 g/mol. The van der Waals surface area contributed by atoms with Gasteiger partial charge >= 0.3 is 0 Å². The molecule has 1 nitrogen and oxygen atoms in total. The van der Waals surface area contributed by atoms with Gasteiger partial charge in [0.05, 0.1) is 0 Å². The molecule has 0 spiro atoms. The van der Waals surface area contributed by atoms with Gasteiger partial charge in [0.25, 0.3) is 0 Å². The molecule has 1 heteroatoms. The van der Waals surface area contributed by atoms with Gasteiger partial charge in [-0.25, -0.2) is 0 Å². The topological polar surface area (TPSA) is 12.4 Å². The smallest absolute Gasteiger partial charge is 0.0364 e. The zero-order valence-electron chi connectivity index (χ0n) is 6.15. The van der Waals surface area contributed by atoms with Gasteiger partial charge in [0.15, 0.2) is 0 Å². The predicted octanol–water partition coefficient (Wildman–Crippen LogP) is 2.54. The van der Waals surface area contributed by atoms with Crippen molar-refractivity contribution in [3.8, 4) is 0 Å². The fraction of sp³-hybridized carbons (Fsp3) is 0.625. The summed E-state index contributed by atoms with van der Waals surface area (Å²) < 4.78 is 0. The monoisotopic (exact) mass is 123 g/mol. The van der Waals surface area contributed by atoms with E-state index in [9.17, 15) is 0 Å². The van der Waals surface area contributed by atoms with Gasteiger partial charge in [-0.2, -0.15) is 0 Å². The summed E-state index contributed by atoms with van der Waals surface area (Å²) in [4.78, 5) is 4.40. The van der Waals surface area contributed by atoms with Gasteiger partial charge in [-0.1, -0.05) is 19.9 Å². The Morgan fingerprint density at radius 2 is 2.22 bits per heavy atom. The largest absolute Gasteiger partial charge is 0.262 e. The van der Waals surface area contributed by atoms with Gasteiger partial charge in [-0.15, -0.1) is 0 Å². The third-order valence-electron chi connectivity index (χ3n) is 1.65. The molecule has 1 heterocycles. The lowest BCUT2D eigenvalue weighted by Gasteiger charge is -1.89. The second-order valence-corrected chi connectivity index (χ2v) is 2.28. The quantitative estimate of drug-likeness (QED) is 0.535. The number of allylic oxidation sites excluding steroid dienone is 2. The van der Waals surface area contributed by atoms with Gasteiger partial charge in [-0.3, -0.25) is 4.99 Å². The first kappa shape index (κ1) is 6.53. The van der Waals surface area contributed by atoms with Crippen LogP contribution in [0, 0.1) is 0 Å². The van der Waals surface area contributed by atoms with E-state index in [4.69, 9.17) is 0 Å². The lowest BCUT2D eigenvalue weighted by molar-refractivity contribution is 1.07. The van der Waals surface area contributed by atoms with Crippen LogP contribution in [-0.4, -0.2) is 5.71 Å². The first-order chi connectivity index (χ1) is 4.36. The number of aliphatic imine (C=N–C) groups is 1. The van der Waals surface area contributed by atoms with Crippen LogP contribution in [0.2, 0.25) is 0 Å². The van der Waals surface area contributed by atoms with Crippen LogP contribution >= 0.6 is 0 Å². The van der Waals surface area contributed by atoms with Crippen LogP contribution in [-0.2, 0) is 0 Å². The molecule has 1 aliphatic rings. The Bertz CT molecular complexity index is 154. The van der Waals surface area contributed by atoms with Crippen molar-refractivity contribution in [3.05, 3.63) is 11.8 Å². The summed E-state index contributed by atoms with van der Waals surface area (Å²) >= 11 is 0. The minimum absolute atomic E-state index is 1.09. The molecule has 0 unspecified atom stereocenters. The van der Waals surface area contributed by atoms with Crippen molar-refractivity contribution >= 4 is 5.71 Å². The van der Waals surface area contributed by atoms with E-state index in [0.717, 1.165) is 19.3 Å². The third-order valence-corrected chi connectivity index (χ3v) is 1.65. The van der Waals surface area contributed by atoms with Gasteiger partial charge in [-0.05, 0) is 12.8 Å². The maximum atomic E-state index is 4.40. The van der Waals surface area contributed by atoms with E-state index in [1.165, 1.54) is 11.4 Å². The lowest BCUT2D eigenvalue weighted by atomic mass is 10.2. The predicted molar refractivity (Wildman–Crippen MR) is 40.7 cm³/mol. The van der Waals surface area contributed by atoms with Gasteiger partial charge in [0.2, 0.25) is 0 Å². The summed E-state index contributed by atoms with van der Waals surface area (Å²) in [7, 11) is 0. The fourth-order valence-electron chi connectivity index (χ4n) is 0.977.